The fraction of sp³-hybridized carbons (Fsp3) is 0.500. The summed E-state index contributed by atoms with van der Waals surface area (Å²) in [5.41, 5.74) is 5.31. The second-order valence-corrected chi connectivity index (χ2v) is 3.35. The van der Waals surface area contributed by atoms with Crippen LogP contribution < -0.4 is 5.73 Å². The van der Waals surface area contributed by atoms with Gasteiger partial charge in [-0.15, -0.1) is 6.58 Å². The van der Waals surface area contributed by atoms with Crippen LogP contribution in [0.4, 0.5) is 0 Å². The summed E-state index contributed by atoms with van der Waals surface area (Å²) in [6, 6.07) is 0. The third-order valence-corrected chi connectivity index (χ3v) is 2.25. The third kappa shape index (κ3) is 2.13. The van der Waals surface area contributed by atoms with Crippen molar-refractivity contribution < 1.29 is 18.3 Å². The molecule has 0 aromatic carbocycles. The molecule has 0 aliphatic carbocycles. The summed E-state index contributed by atoms with van der Waals surface area (Å²) in [6.07, 6.45) is 1.17. The molecule has 0 aromatic heterocycles. The first-order chi connectivity index (χ1) is 5.49. The van der Waals surface area contributed by atoms with E-state index in [2.05, 4.69) is 11.3 Å². The van der Waals surface area contributed by atoms with Crippen LogP contribution in [-0.2, 0) is 20.6 Å². The Morgan fingerprint density at radius 2 is 2.42 bits per heavy atom. The molecule has 5 nitrogen and oxygen atoms in total. The molecule has 0 heterocycles. The molecular formula is C6H11NO4S. The minimum atomic E-state index is -2.47. The van der Waals surface area contributed by atoms with Gasteiger partial charge in [-0.1, -0.05) is 6.08 Å². The molecule has 0 saturated carbocycles. The quantitative estimate of drug-likeness (QED) is 0.360. The van der Waals surface area contributed by atoms with Crippen molar-refractivity contribution in [2.24, 2.45) is 5.73 Å². The Morgan fingerprint density at radius 1 is 1.92 bits per heavy atom. The molecule has 0 amide bonds. The summed E-state index contributed by atoms with van der Waals surface area (Å²) < 4.78 is 23.6. The summed E-state index contributed by atoms with van der Waals surface area (Å²) in [5, 5.41) is 0. The molecule has 0 fully saturated rings. The van der Waals surface area contributed by atoms with E-state index in [9.17, 15) is 9.00 Å². The van der Waals surface area contributed by atoms with Crippen LogP contribution in [0.5, 0.6) is 0 Å². The van der Waals surface area contributed by atoms with E-state index in [1.54, 1.807) is 0 Å². The van der Waals surface area contributed by atoms with Crippen LogP contribution in [0.3, 0.4) is 0 Å². The maximum absolute atomic E-state index is 10.9. The van der Waals surface area contributed by atoms with Gasteiger partial charge in [-0.3, -0.25) is 0 Å². The summed E-state index contributed by atoms with van der Waals surface area (Å²) in [6.45, 7) is 3.31. The predicted molar refractivity (Wildman–Crippen MR) is 44.5 cm³/mol. The lowest BCUT2D eigenvalue weighted by atomic mass is 10.2. The SMILES string of the molecule is C=CCC(N)(C(=O)OC)S(=O)O. The van der Waals surface area contributed by atoms with Crippen LogP contribution in [0.2, 0.25) is 0 Å². The Hall–Kier alpha value is -0.720. The second-order valence-electron chi connectivity index (χ2n) is 2.12. The average Bonchev–Trinajstić information content (AvgIpc) is 2.03. The number of rotatable bonds is 4. The molecule has 70 valence electrons. The normalized spacial score (nSPS) is 17.6. The number of hydrogen-bond acceptors (Lipinski definition) is 4. The first-order valence-electron chi connectivity index (χ1n) is 3.08. The van der Waals surface area contributed by atoms with Crippen LogP contribution in [0.15, 0.2) is 12.7 Å². The predicted octanol–water partition coefficient (Wildman–Crippen LogP) is -0.388. The number of carbonyl (C=O) groups is 1. The molecule has 12 heavy (non-hydrogen) atoms. The maximum atomic E-state index is 10.9. The molecule has 0 aliphatic rings. The van der Waals surface area contributed by atoms with Crippen molar-refractivity contribution in [2.75, 3.05) is 7.11 Å². The van der Waals surface area contributed by atoms with Gasteiger partial charge in [-0.25, -0.2) is 9.00 Å². The van der Waals surface area contributed by atoms with Crippen molar-refractivity contribution in [1.29, 1.82) is 0 Å². The van der Waals surface area contributed by atoms with E-state index < -0.39 is 21.9 Å². The smallest absolute Gasteiger partial charge is 0.341 e. The number of nitrogens with two attached hydrogens (primary N) is 1. The van der Waals surface area contributed by atoms with Gasteiger partial charge < -0.3 is 15.0 Å². The van der Waals surface area contributed by atoms with Crippen molar-refractivity contribution in [3.05, 3.63) is 12.7 Å². The second kappa shape index (κ2) is 4.34. The number of methoxy groups -OCH3 is 1. The fourth-order valence-corrected chi connectivity index (χ4v) is 1.10. The summed E-state index contributed by atoms with van der Waals surface area (Å²) in [5.74, 6) is -0.928. The molecular weight excluding hydrogens is 182 g/mol. The summed E-state index contributed by atoms with van der Waals surface area (Å²) >= 11 is -2.47. The molecule has 0 aliphatic heterocycles. The topological polar surface area (TPSA) is 89.6 Å². The van der Waals surface area contributed by atoms with Crippen LogP contribution in [0.25, 0.3) is 0 Å². The van der Waals surface area contributed by atoms with Crippen LogP contribution in [0, 0.1) is 0 Å². The van der Waals surface area contributed by atoms with E-state index >= 15 is 0 Å². The highest BCUT2D eigenvalue weighted by Gasteiger charge is 2.40. The largest absolute Gasteiger partial charge is 0.467 e. The van der Waals surface area contributed by atoms with Gasteiger partial charge in [0, 0.05) is 6.42 Å². The minimum absolute atomic E-state index is 0.108. The lowest BCUT2D eigenvalue weighted by Gasteiger charge is -2.20. The molecule has 0 bridgehead atoms. The monoisotopic (exact) mass is 193 g/mol. The first kappa shape index (κ1) is 11.3. The van der Waals surface area contributed by atoms with Crippen LogP contribution in [0.1, 0.15) is 6.42 Å². The molecule has 6 heteroatoms. The van der Waals surface area contributed by atoms with Gasteiger partial charge in [0.2, 0.25) is 4.87 Å². The molecule has 3 N–H and O–H groups in total. The zero-order valence-electron chi connectivity index (χ0n) is 6.65. The first-order valence-corrected chi connectivity index (χ1v) is 4.19. The van der Waals surface area contributed by atoms with E-state index in [-0.39, 0.29) is 6.42 Å². The van der Waals surface area contributed by atoms with Crippen molar-refractivity contribution >= 4 is 17.0 Å². The molecule has 0 rings (SSSR count). The molecule has 2 atom stereocenters. The van der Waals surface area contributed by atoms with E-state index in [0.29, 0.717) is 0 Å². The maximum Gasteiger partial charge on any atom is 0.341 e. The molecule has 0 aromatic rings. The lowest BCUT2D eigenvalue weighted by Crippen LogP contribution is -2.51. The highest BCUT2D eigenvalue weighted by atomic mass is 32.2. The van der Waals surface area contributed by atoms with Crippen molar-refractivity contribution in [3.63, 3.8) is 0 Å². The van der Waals surface area contributed by atoms with Crippen LogP contribution in [-0.4, -0.2) is 26.7 Å². The molecule has 0 spiro atoms. The van der Waals surface area contributed by atoms with E-state index in [0.717, 1.165) is 7.11 Å². The van der Waals surface area contributed by atoms with Gasteiger partial charge in [-0.2, -0.15) is 0 Å². The van der Waals surface area contributed by atoms with E-state index in [1.807, 2.05) is 0 Å². The van der Waals surface area contributed by atoms with Gasteiger partial charge in [0.05, 0.1) is 7.11 Å². The lowest BCUT2D eigenvalue weighted by molar-refractivity contribution is -0.143. The number of carbonyl (C=O) groups excluding carboxylic acids is 1. The van der Waals surface area contributed by atoms with E-state index in [1.165, 1.54) is 6.08 Å². The van der Waals surface area contributed by atoms with Crippen LogP contribution >= 0.6 is 0 Å². The fourth-order valence-electron chi connectivity index (χ4n) is 0.613. The Kier molecular flexibility index (Phi) is 4.08. The highest BCUT2D eigenvalue weighted by Crippen LogP contribution is 2.12. The van der Waals surface area contributed by atoms with Gasteiger partial charge in [0.25, 0.3) is 0 Å². The van der Waals surface area contributed by atoms with Gasteiger partial charge in [0.15, 0.2) is 11.1 Å². The molecule has 2 unspecified atom stereocenters. The zero-order chi connectivity index (χ0) is 9.78. The standard InChI is InChI=1S/C6H11NO4S/c1-3-4-6(7,12(9)10)5(8)11-2/h3H,1,4,7H2,2H3,(H,9,10). The van der Waals surface area contributed by atoms with Gasteiger partial charge >= 0.3 is 5.97 Å². The summed E-state index contributed by atoms with van der Waals surface area (Å²) in [4.78, 5) is 9.02. The van der Waals surface area contributed by atoms with Crippen molar-refractivity contribution in [3.8, 4) is 0 Å². The Bertz CT molecular complexity index is 218. The minimum Gasteiger partial charge on any atom is -0.467 e. The number of esters is 1. The third-order valence-electron chi connectivity index (χ3n) is 1.29. The van der Waals surface area contributed by atoms with Gasteiger partial charge in [0.1, 0.15) is 0 Å². The Labute approximate surface area is 72.9 Å². The molecule has 0 radical (unpaired) electrons. The van der Waals surface area contributed by atoms with E-state index in [4.69, 9.17) is 10.3 Å². The molecule has 0 saturated heterocycles. The number of hydrogen-bond donors (Lipinski definition) is 2. The zero-order valence-corrected chi connectivity index (χ0v) is 7.47. The Morgan fingerprint density at radius 3 is 2.67 bits per heavy atom. The van der Waals surface area contributed by atoms with Gasteiger partial charge in [-0.05, 0) is 0 Å². The van der Waals surface area contributed by atoms with Crippen molar-refractivity contribution in [1.82, 2.24) is 0 Å². The average molecular weight is 193 g/mol. The van der Waals surface area contributed by atoms with Crippen molar-refractivity contribution in [2.45, 2.75) is 11.3 Å². The Balaban J connectivity index is 4.72. The highest BCUT2D eigenvalue weighted by molar-refractivity contribution is 7.81. The number of ether oxygens (including phenoxy) is 1. The summed E-state index contributed by atoms with van der Waals surface area (Å²) in [7, 11) is 1.10.